The molecule has 40 heavy (non-hydrogen) atoms. The molecule has 0 saturated carbocycles. The quantitative estimate of drug-likeness (QED) is 0.0633. The second kappa shape index (κ2) is 32.5. The van der Waals surface area contributed by atoms with Crippen molar-refractivity contribution in [2.75, 3.05) is 0 Å². The lowest BCUT2D eigenvalue weighted by Crippen LogP contribution is -2.19. The van der Waals surface area contributed by atoms with Crippen LogP contribution in [-0.2, 0) is 14.3 Å². The molecule has 0 heterocycles. The summed E-state index contributed by atoms with van der Waals surface area (Å²) < 4.78 is 5.72. The topological polar surface area (TPSA) is 63.6 Å². The fourth-order valence-corrected chi connectivity index (χ4v) is 5.65. The number of hydrogen-bond donors (Lipinski definition) is 1. The minimum Gasteiger partial charge on any atom is -0.481 e. The molecular weight excluding hydrogens is 496 g/mol. The van der Waals surface area contributed by atoms with E-state index in [2.05, 4.69) is 13.8 Å². The maximum Gasteiger partial charge on any atom is 0.306 e. The molecular formula is C36H70O4. The van der Waals surface area contributed by atoms with E-state index < -0.39 is 5.97 Å². The largest absolute Gasteiger partial charge is 0.481 e. The molecule has 0 aliphatic carbocycles. The predicted octanol–water partition coefficient (Wildman–Crippen LogP) is 12.1. The van der Waals surface area contributed by atoms with Gasteiger partial charge in [-0.1, -0.05) is 174 Å². The zero-order valence-electron chi connectivity index (χ0n) is 27.2. The Bertz CT molecular complexity index is 533. The second-order valence-corrected chi connectivity index (χ2v) is 12.4. The smallest absolute Gasteiger partial charge is 0.306 e. The highest BCUT2D eigenvalue weighted by Crippen LogP contribution is 2.18. The Kier molecular flexibility index (Phi) is 31.6. The molecule has 0 rings (SSSR count). The zero-order chi connectivity index (χ0) is 29.4. The number of ether oxygens (including phenoxy) is 1. The lowest BCUT2D eigenvalue weighted by molar-refractivity contribution is -0.151. The van der Waals surface area contributed by atoms with Crippen LogP contribution in [0.2, 0.25) is 0 Å². The minimum atomic E-state index is -0.807. The highest BCUT2D eigenvalue weighted by Gasteiger charge is 2.16. The van der Waals surface area contributed by atoms with Crippen LogP contribution in [0.3, 0.4) is 0 Å². The lowest BCUT2D eigenvalue weighted by Gasteiger charge is -2.17. The van der Waals surface area contributed by atoms with Crippen LogP contribution in [0.4, 0.5) is 0 Å². The number of carboxylic acid groups (broad SMARTS) is 1. The summed E-state index contributed by atoms with van der Waals surface area (Å²) in [5.41, 5.74) is 0. The van der Waals surface area contributed by atoms with E-state index in [0.717, 1.165) is 32.1 Å². The van der Waals surface area contributed by atoms with Crippen molar-refractivity contribution in [1.82, 2.24) is 0 Å². The summed E-state index contributed by atoms with van der Waals surface area (Å²) in [4.78, 5) is 23.4. The number of carbonyl (C=O) groups is 2. The van der Waals surface area contributed by atoms with Crippen molar-refractivity contribution < 1.29 is 19.4 Å². The van der Waals surface area contributed by atoms with Crippen LogP contribution in [0, 0.1) is 0 Å². The first kappa shape index (κ1) is 38.9. The lowest BCUT2D eigenvalue weighted by atomic mass is 10.0. The van der Waals surface area contributed by atoms with Crippen molar-refractivity contribution in [3.05, 3.63) is 0 Å². The Morgan fingerprint density at radius 2 is 0.775 bits per heavy atom. The molecule has 0 aromatic heterocycles. The molecule has 0 aromatic carbocycles. The summed E-state index contributed by atoms with van der Waals surface area (Å²) >= 11 is 0. The van der Waals surface area contributed by atoms with Gasteiger partial charge in [-0.2, -0.15) is 0 Å². The third-order valence-corrected chi connectivity index (χ3v) is 8.34. The molecule has 0 amide bonds. The maximum atomic E-state index is 12.4. The second-order valence-electron chi connectivity index (χ2n) is 12.4. The van der Waals surface area contributed by atoms with Gasteiger partial charge in [0.25, 0.3) is 0 Å². The van der Waals surface area contributed by atoms with E-state index in [-0.39, 0.29) is 18.5 Å². The molecule has 1 atom stereocenters. The monoisotopic (exact) mass is 567 g/mol. The molecule has 0 radical (unpaired) electrons. The molecule has 0 aromatic rings. The van der Waals surface area contributed by atoms with Crippen LogP contribution in [0.5, 0.6) is 0 Å². The van der Waals surface area contributed by atoms with Crippen molar-refractivity contribution in [2.24, 2.45) is 0 Å². The summed E-state index contributed by atoms with van der Waals surface area (Å²) in [6.07, 6.45) is 36.8. The van der Waals surface area contributed by atoms with E-state index in [0.29, 0.717) is 12.8 Å². The van der Waals surface area contributed by atoms with Gasteiger partial charge >= 0.3 is 11.9 Å². The van der Waals surface area contributed by atoms with Gasteiger partial charge in [-0.15, -0.1) is 0 Å². The highest BCUT2D eigenvalue weighted by atomic mass is 16.5. The number of carboxylic acids is 1. The number of esters is 1. The first-order valence-corrected chi connectivity index (χ1v) is 18.0. The highest BCUT2D eigenvalue weighted by molar-refractivity contribution is 5.69. The van der Waals surface area contributed by atoms with Crippen molar-refractivity contribution in [3.63, 3.8) is 0 Å². The van der Waals surface area contributed by atoms with E-state index in [1.165, 1.54) is 148 Å². The molecule has 0 spiro atoms. The van der Waals surface area contributed by atoms with E-state index in [4.69, 9.17) is 9.84 Å². The fraction of sp³-hybridized carbons (Fsp3) is 0.944. The molecule has 1 N–H and O–H groups in total. The van der Waals surface area contributed by atoms with E-state index in [1.807, 2.05) is 0 Å². The predicted molar refractivity (Wildman–Crippen MR) is 172 cm³/mol. The van der Waals surface area contributed by atoms with Crippen LogP contribution in [0.15, 0.2) is 0 Å². The van der Waals surface area contributed by atoms with Crippen molar-refractivity contribution in [1.29, 1.82) is 0 Å². The molecule has 0 bridgehead atoms. The van der Waals surface area contributed by atoms with Crippen molar-refractivity contribution >= 4 is 11.9 Å². The van der Waals surface area contributed by atoms with E-state index in [9.17, 15) is 9.59 Å². The first-order chi connectivity index (χ1) is 19.6. The summed E-state index contributed by atoms with van der Waals surface area (Å²) in [5.74, 6) is -0.942. The van der Waals surface area contributed by atoms with Gasteiger partial charge in [0.05, 0.1) is 0 Å². The number of rotatable bonds is 33. The minimum absolute atomic E-state index is 0.0787. The number of hydrogen-bond acceptors (Lipinski definition) is 3. The molecule has 0 aliphatic heterocycles. The fourth-order valence-electron chi connectivity index (χ4n) is 5.65. The number of carbonyl (C=O) groups excluding carboxylic acids is 1. The van der Waals surface area contributed by atoms with Gasteiger partial charge in [0.1, 0.15) is 6.10 Å². The standard InChI is InChI=1S/C36H70O4/c1-3-5-7-9-11-13-15-17-19-20-22-24-26-28-30-34(32-33-35(37)38)40-36(39)31-29-27-25-23-21-18-16-14-12-10-8-6-4-2/h34H,3-33H2,1-2H3,(H,37,38). The summed E-state index contributed by atoms with van der Waals surface area (Å²) in [7, 11) is 0. The number of aliphatic carboxylic acids is 1. The Morgan fingerprint density at radius 3 is 1.12 bits per heavy atom. The SMILES string of the molecule is CCCCCCCCCCCCCCCCC(CCC(=O)O)OC(=O)CCCCCCCCCCCCCCC. The van der Waals surface area contributed by atoms with E-state index >= 15 is 0 Å². The Balaban J connectivity index is 3.72. The summed E-state index contributed by atoms with van der Waals surface area (Å²) in [6.45, 7) is 4.54. The zero-order valence-corrected chi connectivity index (χ0v) is 27.2. The van der Waals surface area contributed by atoms with Crippen LogP contribution >= 0.6 is 0 Å². The maximum absolute atomic E-state index is 12.4. The summed E-state index contributed by atoms with van der Waals surface area (Å²) in [5, 5.41) is 9.09. The average Bonchev–Trinajstić information content (AvgIpc) is 2.94. The van der Waals surface area contributed by atoms with Crippen LogP contribution < -0.4 is 0 Å². The van der Waals surface area contributed by atoms with Crippen LogP contribution in [0.1, 0.15) is 213 Å². The van der Waals surface area contributed by atoms with Gasteiger partial charge in [-0.25, -0.2) is 0 Å². The Morgan fingerprint density at radius 1 is 0.450 bits per heavy atom. The Labute approximate surface area is 250 Å². The normalized spacial score (nSPS) is 12.1. The Hall–Kier alpha value is -1.06. The molecule has 4 heteroatoms. The van der Waals surface area contributed by atoms with Crippen molar-refractivity contribution in [2.45, 2.75) is 219 Å². The summed E-state index contributed by atoms with van der Waals surface area (Å²) in [6, 6.07) is 0. The van der Waals surface area contributed by atoms with Crippen molar-refractivity contribution in [3.8, 4) is 0 Å². The molecule has 0 fully saturated rings. The molecule has 238 valence electrons. The molecule has 0 saturated heterocycles. The van der Waals surface area contributed by atoms with E-state index in [1.54, 1.807) is 0 Å². The van der Waals surface area contributed by atoms with Crippen LogP contribution in [-0.4, -0.2) is 23.1 Å². The van der Waals surface area contributed by atoms with Gasteiger partial charge in [-0.3, -0.25) is 9.59 Å². The third kappa shape index (κ3) is 31.5. The first-order valence-electron chi connectivity index (χ1n) is 18.0. The molecule has 0 aliphatic rings. The van der Waals surface area contributed by atoms with Crippen LogP contribution in [0.25, 0.3) is 0 Å². The molecule has 1 unspecified atom stereocenters. The number of unbranched alkanes of at least 4 members (excludes halogenated alkanes) is 25. The third-order valence-electron chi connectivity index (χ3n) is 8.34. The van der Waals surface area contributed by atoms with Gasteiger partial charge in [0.2, 0.25) is 0 Å². The average molecular weight is 567 g/mol. The van der Waals surface area contributed by atoms with Gasteiger partial charge in [0, 0.05) is 12.8 Å². The molecule has 4 nitrogen and oxygen atoms in total. The van der Waals surface area contributed by atoms with Gasteiger partial charge in [0.15, 0.2) is 0 Å². The van der Waals surface area contributed by atoms with Gasteiger partial charge < -0.3 is 9.84 Å². The van der Waals surface area contributed by atoms with Gasteiger partial charge in [-0.05, 0) is 25.7 Å².